The minimum atomic E-state index is -4.59. The number of ether oxygens (including phenoxy) is 2. The van der Waals surface area contributed by atoms with Crippen molar-refractivity contribution in [1.29, 1.82) is 0 Å². The molecule has 0 amide bonds. The average molecular weight is 542 g/mol. The molecule has 1 fully saturated rings. The molecule has 0 radical (unpaired) electrons. The van der Waals surface area contributed by atoms with E-state index < -0.39 is 12.5 Å². The van der Waals surface area contributed by atoms with Crippen molar-refractivity contribution in [3.05, 3.63) is 47.3 Å². The summed E-state index contributed by atoms with van der Waals surface area (Å²) >= 11 is 0. The molecule has 12 heteroatoms. The van der Waals surface area contributed by atoms with Gasteiger partial charge in [-0.25, -0.2) is 15.0 Å². The van der Waals surface area contributed by atoms with Crippen molar-refractivity contribution in [2.75, 3.05) is 48.3 Å². The normalized spacial score (nSPS) is 17.6. The van der Waals surface area contributed by atoms with Crippen LogP contribution in [0.25, 0.3) is 11.3 Å². The number of hydrogen-bond donors (Lipinski definition) is 3. The first-order chi connectivity index (χ1) is 18.8. The minimum Gasteiger partial charge on any atom is -0.474 e. The number of halogens is 3. The molecule has 0 spiro atoms. The van der Waals surface area contributed by atoms with Crippen LogP contribution in [0.4, 0.5) is 36.2 Å². The molecule has 3 aromatic rings. The Kier molecular flexibility index (Phi) is 6.90. The molecule has 1 saturated heterocycles. The molecule has 3 N–H and O–H groups in total. The van der Waals surface area contributed by atoms with Crippen molar-refractivity contribution in [3.8, 4) is 17.1 Å². The predicted octanol–water partition coefficient (Wildman–Crippen LogP) is 4.55. The molecule has 2 aromatic heterocycles. The maximum absolute atomic E-state index is 12.5. The SMILES string of the molecule is Cc1c(-c2nc(Nc3ccc(N4CCC(OC(F)(F)F)CC4)cc3)nc3c2CCNC3)cnc2c1NCCO2. The minimum absolute atomic E-state index is 0.331. The van der Waals surface area contributed by atoms with E-state index in [1.807, 2.05) is 30.5 Å². The van der Waals surface area contributed by atoms with Crippen LogP contribution < -0.4 is 25.6 Å². The Morgan fingerprint density at radius 3 is 2.67 bits per heavy atom. The molecule has 3 aliphatic rings. The number of benzene rings is 1. The number of piperidine rings is 1. The van der Waals surface area contributed by atoms with E-state index in [0.717, 1.165) is 64.7 Å². The summed E-state index contributed by atoms with van der Waals surface area (Å²) in [7, 11) is 0. The monoisotopic (exact) mass is 541 g/mol. The highest BCUT2D eigenvalue weighted by atomic mass is 19.4. The smallest absolute Gasteiger partial charge is 0.474 e. The highest BCUT2D eigenvalue weighted by Gasteiger charge is 2.35. The summed E-state index contributed by atoms with van der Waals surface area (Å²) in [6.45, 7) is 5.90. The zero-order valence-corrected chi connectivity index (χ0v) is 21.6. The van der Waals surface area contributed by atoms with Gasteiger partial charge in [-0.3, -0.25) is 4.74 Å². The second-order valence-electron chi connectivity index (χ2n) is 9.92. The fourth-order valence-corrected chi connectivity index (χ4v) is 5.40. The number of aromatic nitrogens is 3. The molecule has 0 aliphatic carbocycles. The highest BCUT2D eigenvalue weighted by Crippen LogP contribution is 2.37. The Morgan fingerprint density at radius 1 is 1.10 bits per heavy atom. The second-order valence-corrected chi connectivity index (χ2v) is 9.92. The lowest BCUT2D eigenvalue weighted by molar-refractivity contribution is -0.344. The summed E-state index contributed by atoms with van der Waals surface area (Å²) in [6.07, 6.45) is -2.06. The summed E-state index contributed by atoms with van der Waals surface area (Å²) in [6, 6.07) is 7.78. The van der Waals surface area contributed by atoms with Crippen LogP contribution in [-0.4, -0.2) is 60.2 Å². The Morgan fingerprint density at radius 2 is 1.90 bits per heavy atom. The van der Waals surface area contributed by atoms with Crippen LogP contribution >= 0.6 is 0 Å². The van der Waals surface area contributed by atoms with Crippen molar-refractivity contribution in [2.24, 2.45) is 0 Å². The van der Waals surface area contributed by atoms with E-state index in [1.54, 1.807) is 0 Å². The van der Waals surface area contributed by atoms with Gasteiger partial charge in [0.05, 0.1) is 17.5 Å². The van der Waals surface area contributed by atoms with Gasteiger partial charge in [-0.15, -0.1) is 13.2 Å². The van der Waals surface area contributed by atoms with Crippen LogP contribution in [-0.2, 0) is 17.7 Å². The summed E-state index contributed by atoms with van der Waals surface area (Å²) in [5, 5.41) is 10.1. The van der Waals surface area contributed by atoms with Gasteiger partial charge in [0.25, 0.3) is 0 Å². The zero-order valence-electron chi connectivity index (χ0n) is 21.6. The summed E-state index contributed by atoms with van der Waals surface area (Å²) in [4.78, 5) is 16.4. The van der Waals surface area contributed by atoms with E-state index in [-0.39, 0.29) is 0 Å². The number of alkyl halides is 3. The van der Waals surface area contributed by atoms with Crippen LogP contribution in [0.3, 0.4) is 0 Å². The van der Waals surface area contributed by atoms with Crippen molar-refractivity contribution in [2.45, 2.75) is 45.2 Å². The van der Waals surface area contributed by atoms with Gasteiger partial charge >= 0.3 is 6.36 Å². The van der Waals surface area contributed by atoms with Gasteiger partial charge in [-0.2, -0.15) is 0 Å². The number of anilines is 4. The Hall–Kier alpha value is -3.64. The van der Waals surface area contributed by atoms with E-state index in [4.69, 9.17) is 14.7 Å². The first-order valence-corrected chi connectivity index (χ1v) is 13.2. The van der Waals surface area contributed by atoms with Crippen molar-refractivity contribution >= 4 is 23.0 Å². The molecule has 0 saturated carbocycles. The third-order valence-electron chi connectivity index (χ3n) is 7.37. The summed E-state index contributed by atoms with van der Waals surface area (Å²) in [5.41, 5.74) is 7.60. The van der Waals surface area contributed by atoms with E-state index in [9.17, 15) is 13.2 Å². The Labute approximate surface area is 224 Å². The topological polar surface area (TPSA) is 96.5 Å². The molecule has 9 nitrogen and oxygen atoms in total. The fraction of sp³-hybridized carbons (Fsp3) is 0.444. The van der Waals surface area contributed by atoms with Gasteiger partial charge in [0, 0.05) is 54.9 Å². The highest BCUT2D eigenvalue weighted by molar-refractivity contribution is 5.77. The standard InChI is InChI=1S/C27H30F3N7O2/c1-16-21(14-33-25-23(16)32-10-13-38-25)24-20-6-9-31-15-22(20)35-26(36-24)34-17-2-4-18(5-3-17)37-11-7-19(8-12-37)39-27(28,29)30/h2-5,14,19,31-32H,6-13,15H2,1H3,(H,34,35,36). The lowest BCUT2D eigenvalue weighted by atomic mass is 9.97. The number of hydrogen-bond acceptors (Lipinski definition) is 9. The van der Waals surface area contributed by atoms with E-state index in [0.29, 0.717) is 50.9 Å². The number of pyridine rings is 1. The third kappa shape index (κ3) is 5.57. The molecule has 0 atom stereocenters. The van der Waals surface area contributed by atoms with Crippen molar-refractivity contribution in [3.63, 3.8) is 0 Å². The van der Waals surface area contributed by atoms with Gasteiger partial charge in [-0.1, -0.05) is 0 Å². The fourth-order valence-electron chi connectivity index (χ4n) is 5.40. The van der Waals surface area contributed by atoms with Crippen LogP contribution in [0.2, 0.25) is 0 Å². The van der Waals surface area contributed by atoms with Gasteiger partial charge in [0.2, 0.25) is 11.8 Å². The molecule has 3 aliphatic heterocycles. The van der Waals surface area contributed by atoms with Crippen LogP contribution in [0, 0.1) is 6.92 Å². The van der Waals surface area contributed by atoms with Gasteiger partial charge in [-0.05, 0) is 62.6 Å². The lowest BCUT2D eigenvalue weighted by Gasteiger charge is -2.33. The number of nitrogens with zero attached hydrogens (tertiary/aromatic N) is 4. The Balaban J connectivity index is 1.21. The average Bonchev–Trinajstić information content (AvgIpc) is 2.93. The number of rotatable bonds is 5. The number of fused-ring (bicyclic) bond motifs is 2. The van der Waals surface area contributed by atoms with Crippen molar-refractivity contribution in [1.82, 2.24) is 20.3 Å². The predicted molar refractivity (Wildman–Crippen MR) is 141 cm³/mol. The largest absolute Gasteiger partial charge is 0.522 e. The zero-order chi connectivity index (χ0) is 27.0. The van der Waals surface area contributed by atoms with Gasteiger partial charge in [0.15, 0.2) is 0 Å². The molecule has 6 rings (SSSR count). The molecule has 1 aromatic carbocycles. The van der Waals surface area contributed by atoms with E-state index in [2.05, 4.69) is 37.5 Å². The maximum atomic E-state index is 12.5. The van der Waals surface area contributed by atoms with Crippen molar-refractivity contribution < 1.29 is 22.6 Å². The number of nitrogens with one attached hydrogen (secondary N) is 3. The van der Waals surface area contributed by atoms with Crippen LogP contribution in [0.1, 0.15) is 29.7 Å². The van der Waals surface area contributed by atoms with Gasteiger partial charge < -0.3 is 25.6 Å². The quantitative estimate of drug-likeness (QED) is 0.430. The van der Waals surface area contributed by atoms with E-state index in [1.165, 1.54) is 0 Å². The van der Waals surface area contributed by atoms with Crippen LogP contribution in [0.5, 0.6) is 5.88 Å². The Bertz CT molecular complexity index is 1340. The molecule has 0 bridgehead atoms. The first-order valence-electron chi connectivity index (χ1n) is 13.2. The maximum Gasteiger partial charge on any atom is 0.522 e. The molecule has 0 unspecified atom stereocenters. The molecule has 206 valence electrons. The molecule has 5 heterocycles. The lowest BCUT2D eigenvalue weighted by Crippen LogP contribution is -2.39. The first kappa shape index (κ1) is 25.6. The van der Waals surface area contributed by atoms with Crippen LogP contribution in [0.15, 0.2) is 30.5 Å². The molecule has 39 heavy (non-hydrogen) atoms. The molecular formula is C27H30F3N7O2. The summed E-state index contributed by atoms with van der Waals surface area (Å²) < 4.78 is 47.5. The second kappa shape index (κ2) is 10.5. The molecular weight excluding hydrogens is 511 g/mol. The third-order valence-corrected chi connectivity index (χ3v) is 7.37. The summed E-state index contributed by atoms with van der Waals surface area (Å²) in [5.74, 6) is 1.11. The van der Waals surface area contributed by atoms with Gasteiger partial charge in [0.1, 0.15) is 12.3 Å². The van der Waals surface area contributed by atoms with E-state index >= 15 is 0 Å².